The summed E-state index contributed by atoms with van der Waals surface area (Å²) in [6.45, 7) is 4.65. The molecule has 0 amide bonds. The van der Waals surface area contributed by atoms with Gasteiger partial charge in [-0.1, -0.05) is 55.5 Å². The first-order valence-corrected chi connectivity index (χ1v) is 9.86. The number of nitrogens with one attached hydrogen (secondary N) is 1. The summed E-state index contributed by atoms with van der Waals surface area (Å²) < 4.78 is 14.0. The van der Waals surface area contributed by atoms with Crippen LogP contribution in [0.15, 0.2) is 60.7 Å². The van der Waals surface area contributed by atoms with Crippen molar-refractivity contribution < 1.29 is 4.39 Å². The zero-order valence-electron chi connectivity index (χ0n) is 16.1. The van der Waals surface area contributed by atoms with Gasteiger partial charge in [0.15, 0.2) is 0 Å². The quantitative estimate of drug-likeness (QED) is 0.670. The topological polar surface area (TPSA) is 41.1 Å². The molecule has 1 N–H and O–H groups in total. The summed E-state index contributed by atoms with van der Waals surface area (Å²) in [6, 6.07) is 18.9. The van der Waals surface area contributed by atoms with E-state index in [4.69, 9.17) is 4.98 Å². The molecular formula is C23H25FN4. The Labute approximate surface area is 165 Å². The molecule has 1 aliphatic heterocycles. The number of anilines is 2. The van der Waals surface area contributed by atoms with E-state index in [9.17, 15) is 4.39 Å². The molecule has 0 aliphatic carbocycles. The summed E-state index contributed by atoms with van der Waals surface area (Å²) in [5.74, 6) is 1.99. The van der Waals surface area contributed by atoms with Gasteiger partial charge < -0.3 is 10.2 Å². The van der Waals surface area contributed by atoms with Crippen molar-refractivity contribution in [1.29, 1.82) is 0 Å². The molecule has 0 bridgehead atoms. The minimum atomic E-state index is -0.223. The van der Waals surface area contributed by atoms with Crippen LogP contribution in [0.5, 0.6) is 0 Å². The van der Waals surface area contributed by atoms with Crippen molar-refractivity contribution in [2.45, 2.75) is 26.3 Å². The molecular weight excluding hydrogens is 351 g/mol. The Bertz CT molecular complexity index is 921. The predicted molar refractivity (Wildman–Crippen MR) is 112 cm³/mol. The van der Waals surface area contributed by atoms with Crippen LogP contribution in [0.2, 0.25) is 0 Å². The number of benzene rings is 2. The zero-order valence-corrected chi connectivity index (χ0v) is 16.1. The van der Waals surface area contributed by atoms with Crippen LogP contribution < -0.4 is 10.2 Å². The maximum absolute atomic E-state index is 14.0. The van der Waals surface area contributed by atoms with E-state index in [1.807, 2.05) is 36.4 Å². The maximum atomic E-state index is 14.0. The third kappa shape index (κ3) is 4.30. The van der Waals surface area contributed by atoms with Gasteiger partial charge in [0.05, 0.1) is 5.69 Å². The normalized spacial score (nSPS) is 14.9. The Kier molecular flexibility index (Phi) is 5.51. The van der Waals surface area contributed by atoms with E-state index in [1.165, 1.54) is 18.9 Å². The highest BCUT2D eigenvalue weighted by Gasteiger charge is 2.19. The second-order valence-electron chi connectivity index (χ2n) is 7.42. The van der Waals surface area contributed by atoms with Gasteiger partial charge in [0.25, 0.3) is 0 Å². The number of rotatable bonds is 5. The highest BCUT2D eigenvalue weighted by molar-refractivity contribution is 5.65. The van der Waals surface area contributed by atoms with Gasteiger partial charge in [-0.2, -0.15) is 4.98 Å². The van der Waals surface area contributed by atoms with Crippen LogP contribution in [0.4, 0.5) is 16.2 Å². The molecule has 5 heteroatoms. The molecule has 28 heavy (non-hydrogen) atoms. The molecule has 1 aliphatic rings. The fraction of sp³-hybridized carbons (Fsp3) is 0.304. The molecule has 0 saturated carbocycles. The second-order valence-corrected chi connectivity index (χ2v) is 7.42. The summed E-state index contributed by atoms with van der Waals surface area (Å²) in [7, 11) is 0. The molecule has 2 aromatic carbocycles. The second kappa shape index (κ2) is 8.38. The third-order valence-electron chi connectivity index (χ3n) is 5.28. The molecule has 1 fully saturated rings. The average molecular weight is 376 g/mol. The fourth-order valence-electron chi connectivity index (χ4n) is 3.49. The predicted octanol–water partition coefficient (Wildman–Crippen LogP) is 5.13. The first-order chi connectivity index (χ1) is 13.7. The number of halogens is 1. The summed E-state index contributed by atoms with van der Waals surface area (Å²) in [5.41, 5.74) is 2.52. The van der Waals surface area contributed by atoms with Crippen LogP contribution in [-0.2, 0) is 6.54 Å². The Balaban J connectivity index is 1.63. The Morgan fingerprint density at radius 2 is 1.71 bits per heavy atom. The largest absolute Gasteiger partial charge is 0.356 e. The molecule has 1 aromatic heterocycles. The van der Waals surface area contributed by atoms with Crippen LogP contribution in [0.3, 0.4) is 0 Å². The molecule has 1 saturated heterocycles. The van der Waals surface area contributed by atoms with E-state index in [0.717, 1.165) is 36.1 Å². The van der Waals surface area contributed by atoms with Crippen LogP contribution in [-0.4, -0.2) is 23.1 Å². The molecule has 4 rings (SSSR count). The molecule has 3 aromatic rings. The molecule has 0 spiro atoms. The Hall–Kier alpha value is -2.95. The third-order valence-corrected chi connectivity index (χ3v) is 5.28. The van der Waals surface area contributed by atoms with Gasteiger partial charge in [0, 0.05) is 36.8 Å². The lowest BCUT2D eigenvalue weighted by Gasteiger charge is -2.31. The fourth-order valence-corrected chi connectivity index (χ4v) is 3.49. The number of piperidine rings is 1. The summed E-state index contributed by atoms with van der Waals surface area (Å²) in [4.78, 5) is 11.7. The van der Waals surface area contributed by atoms with E-state index >= 15 is 0 Å². The van der Waals surface area contributed by atoms with E-state index in [2.05, 4.69) is 28.2 Å². The van der Waals surface area contributed by atoms with Crippen molar-refractivity contribution in [1.82, 2.24) is 9.97 Å². The highest BCUT2D eigenvalue weighted by Crippen LogP contribution is 2.27. The monoisotopic (exact) mass is 376 g/mol. The molecule has 0 radical (unpaired) electrons. The van der Waals surface area contributed by atoms with Gasteiger partial charge in [-0.3, -0.25) is 0 Å². The molecule has 2 heterocycles. The maximum Gasteiger partial charge on any atom is 0.225 e. The molecule has 0 atom stereocenters. The Morgan fingerprint density at radius 3 is 2.46 bits per heavy atom. The van der Waals surface area contributed by atoms with Gasteiger partial charge in [0.2, 0.25) is 5.95 Å². The van der Waals surface area contributed by atoms with Crippen molar-refractivity contribution in [3.05, 3.63) is 72.0 Å². The molecule has 4 nitrogen and oxygen atoms in total. The zero-order chi connectivity index (χ0) is 19.3. The Morgan fingerprint density at radius 1 is 1.00 bits per heavy atom. The lowest BCUT2D eigenvalue weighted by Crippen LogP contribution is -2.33. The SMILES string of the molecule is CC1CCN(c2cc(-c3ccccc3)nc(NCc3ccccc3F)n2)CC1. The summed E-state index contributed by atoms with van der Waals surface area (Å²) in [6.07, 6.45) is 2.34. The smallest absolute Gasteiger partial charge is 0.225 e. The molecule has 144 valence electrons. The number of hydrogen-bond donors (Lipinski definition) is 1. The van der Waals surface area contributed by atoms with Crippen molar-refractivity contribution in [2.24, 2.45) is 5.92 Å². The first kappa shape index (κ1) is 18.4. The van der Waals surface area contributed by atoms with Crippen LogP contribution >= 0.6 is 0 Å². The summed E-state index contributed by atoms with van der Waals surface area (Å²) >= 11 is 0. The lowest BCUT2D eigenvalue weighted by molar-refractivity contribution is 0.436. The van der Waals surface area contributed by atoms with Crippen LogP contribution in [0, 0.1) is 11.7 Å². The minimum Gasteiger partial charge on any atom is -0.356 e. The standard InChI is InChI=1S/C23H25FN4/c1-17-11-13-28(14-12-17)22-15-21(18-7-3-2-4-8-18)26-23(27-22)25-16-19-9-5-6-10-20(19)24/h2-10,15,17H,11-14,16H2,1H3,(H,25,26,27). The first-order valence-electron chi connectivity index (χ1n) is 9.86. The summed E-state index contributed by atoms with van der Waals surface area (Å²) in [5, 5.41) is 3.21. The van der Waals surface area contributed by atoms with Crippen molar-refractivity contribution in [3.8, 4) is 11.3 Å². The van der Waals surface area contributed by atoms with E-state index in [0.29, 0.717) is 18.1 Å². The van der Waals surface area contributed by atoms with Crippen molar-refractivity contribution in [2.75, 3.05) is 23.3 Å². The van der Waals surface area contributed by atoms with Crippen molar-refractivity contribution >= 4 is 11.8 Å². The average Bonchev–Trinajstić information content (AvgIpc) is 2.74. The molecule has 0 unspecified atom stereocenters. The van der Waals surface area contributed by atoms with Crippen LogP contribution in [0.25, 0.3) is 11.3 Å². The van der Waals surface area contributed by atoms with Gasteiger partial charge in [-0.05, 0) is 24.8 Å². The number of nitrogens with zero attached hydrogens (tertiary/aromatic N) is 3. The van der Waals surface area contributed by atoms with E-state index in [-0.39, 0.29) is 5.82 Å². The van der Waals surface area contributed by atoms with E-state index < -0.39 is 0 Å². The highest BCUT2D eigenvalue weighted by atomic mass is 19.1. The number of hydrogen-bond acceptors (Lipinski definition) is 4. The van der Waals surface area contributed by atoms with Crippen LogP contribution in [0.1, 0.15) is 25.3 Å². The number of aromatic nitrogens is 2. The van der Waals surface area contributed by atoms with E-state index in [1.54, 1.807) is 12.1 Å². The van der Waals surface area contributed by atoms with Gasteiger partial charge in [-0.25, -0.2) is 9.37 Å². The van der Waals surface area contributed by atoms with Gasteiger partial charge in [0.1, 0.15) is 11.6 Å². The minimum absolute atomic E-state index is 0.223. The van der Waals surface area contributed by atoms with Gasteiger partial charge >= 0.3 is 0 Å². The van der Waals surface area contributed by atoms with Crippen molar-refractivity contribution in [3.63, 3.8) is 0 Å². The van der Waals surface area contributed by atoms with Gasteiger partial charge in [-0.15, -0.1) is 0 Å². The lowest BCUT2D eigenvalue weighted by atomic mass is 9.99.